The Hall–Kier alpha value is -1.17. The summed E-state index contributed by atoms with van der Waals surface area (Å²) in [4.78, 5) is 11.5. The number of carbonyl (C=O) groups is 1. The van der Waals surface area contributed by atoms with E-state index in [2.05, 4.69) is 25.4 Å². The predicted octanol–water partition coefficient (Wildman–Crippen LogP) is 3.28. The first-order chi connectivity index (χ1) is 7.99. The smallest absolute Gasteiger partial charge is 0.387 e. The zero-order chi connectivity index (χ0) is 13.0. The van der Waals surface area contributed by atoms with Gasteiger partial charge < -0.3 is 9.47 Å². The lowest BCUT2D eigenvalue weighted by Gasteiger charge is -2.12. The van der Waals surface area contributed by atoms with Crippen molar-refractivity contribution in [3.8, 4) is 5.75 Å². The molecule has 0 spiro atoms. The van der Waals surface area contributed by atoms with E-state index in [0.29, 0.717) is 16.5 Å². The van der Waals surface area contributed by atoms with E-state index in [0.717, 1.165) is 0 Å². The van der Waals surface area contributed by atoms with Gasteiger partial charge in [0.15, 0.2) is 0 Å². The molecule has 94 valence electrons. The van der Waals surface area contributed by atoms with Gasteiger partial charge >= 0.3 is 12.6 Å². The van der Waals surface area contributed by atoms with Crippen molar-refractivity contribution in [2.24, 2.45) is 0 Å². The molecule has 1 rings (SSSR count). The molecule has 1 aromatic rings. The number of halogens is 3. The molecule has 0 aliphatic carbocycles. The maximum absolute atomic E-state index is 12.1. The number of methoxy groups -OCH3 is 1. The van der Waals surface area contributed by atoms with E-state index in [4.69, 9.17) is 0 Å². The number of rotatable bonds is 4. The number of carbonyl (C=O) groups excluding carboxylic acids is 1. The molecule has 0 bridgehead atoms. The Balaban J connectivity index is 3.23. The summed E-state index contributed by atoms with van der Waals surface area (Å²) in [5.41, 5.74) is 1.60. The van der Waals surface area contributed by atoms with Crippen LogP contribution >= 0.6 is 15.9 Å². The highest BCUT2D eigenvalue weighted by molar-refractivity contribution is 9.08. The maximum atomic E-state index is 12.1. The van der Waals surface area contributed by atoms with Crippen molar-refractivity contribution >= 4 is 21.9 Å². The van der Waals surface area contributed by atoms with Crippen molar-refractivity contribution in [2.45, 2.75) is 18.9 Å². The number of esters is 1. The number of ether oxygens (including phenoxy) is 2. The summed E-state index contributed by atoms with van der Waals surface area (Å²) >= 11 is 3.22. The van der Waals surface area contributed by atoms with Gasteiger partial charge in [-0.05, 0) is 30.2 Å². The normalized spacial score (nSPS) is 10.5. The Morgan fingerprint density at radius 3 is 2.59 bits per heavy atom. The van der Waals surface area contributed by atoms with E-state index in [-0.39, 0.29) is 11.3 Å². The first kappa shape index (κ1) is 13.9. The SMILES string of the molecule is COC(=O)c1cc(OC(F)F)cc(CBr)c1C. The van der Waals surface area contributed by atoms with Crippen LogP contribution in [0.3, 0.4) is 0 Å². The Kier molecular flexibility index (Phi) is 4.86. The van der Waals surface area contributed by atoms with Crippen molar-refractivity contribution in [3.05, 3.63) is 28.8 Å². The second kappa shape index (κ2) is 5.95. The van der Waals surface area contributed by atoms with E-state index >= 15 is 0 Å². The van der Waals surface area contributed by atoms with Crippen molar-refractivity contribution in [1.82, 2.24) is 0 Å². The quantitative estimate of drug-likeness (QED) is 0.632. The molecule has 0 heterocycles. The van der Waals surface area contributed by atoms with E-state index in [1.165, 1.54) is 19.2 Å². The summed E-state index contributed by atoms with van der Waals surface area (Å²) in [7, 11) is 1.23. The van der Waals surface area contributed by atoms with E-state index in [1.807, 2.05) is 0 Å². The fourth-order valence-corrected chi connectivity index (χ4v) is 1.96. The number of benzene rings is 1. The fourth-order valence-electron chi connectivity index (χ4n) is 1.38. The van der Waals surface area contributed by atoms with Crippen molar-refractivity contribution in [2.75, 3.05) is 7.11 Å². The molecule has 17 heavy (non-hydrogen) atoms. The molecule has 0 saturated carbocycles. The molecule has 0 atom stereocenters. The van der Waals surface area contributed by atoms with Gasteiger partial charge in [0.25, 0.3) is 0 Å². The molecule has 3 nitrogen and oxygen atoms in total. The van der Waals surface area contributed by atoms with Gasteiger partial charge in [-0.3, -0.25) is 0 Å². The van der Waals surface area contributed by atoms with Crippen LogP contribution in [0, 0.1) is 6.92 Å². The van der Waals surface area contributed by atoms with Crippen molar-refractivity contribution in [1.29, 1.82) is 0 Å². The predicted molar refractivity (Wildman–Crippen MR) is 61.8 cm³/mol. The molecule has 6 heteroatoms. The Morgan fingerprint density at radius 2 is 2.12 bits per heavy atom. The fraction of sp³-hybridized carbons (Fsp3) is 0.364. The molecule has 1 aromatic carbocycles. The van der Waals surface area contributed by atoms with Crippen LogP contribution in [0.2, 0.25) is 0 Å². The van der Waals surface area contributed by atoms with Gasteiger partial charge in [0.05, 0.1) is 12.7 Å². The van der Waals surface area contributed by atoms with Crippen LogP contribution < -0.4 is 4.74 Å². The lowest BCUT2D eigenvalue weighted by atomic mass is 10.0. The Labute approximate surface area is 106 Å². The van der Waals surface area contributed by atoms with Gasteiger partial charge in [-0.25, -0.2) is 4.79 Å². The summed E-state index contributed by atoms with van der Waals surface area (Å²) in [6.45, 7) is -1.21. The summed E-state index contributed by atoms with van der Waals surface area (Å²) in [5, 5.41) is 0.434. The molecular formula is C11H11BrF2O3. The zero-order valence-corrected chi connectivity index (χ0v) is 10.9. The van der Waals surface area contributed by atoms with Crippen LogP contribution in [0.4, 0.5) is 8.78 Å². The summed E-state index contributed by atoms with van der Waals surface area (Å²) < 4.78 is 33.1. The van der Waals surface area contributed by atoms with E-state index < -0.39 is 12.6 Å². The van der Waals surface area contributed by atoms with Gasteiger partial charge in [0, 0.05) is 5.33 Å². The molecule has 0 aliphatic rings. The van der Waals surface area contributed by atoms with Crippen molar-refractivity contribution < 1.29 is 23.0 Å². The average Bonchev–Trinajstić information content (AvgIpc) is 2.29. The molecule has 0 fully saturated rings. The van der Waals surface area contributed by atoms with Crippen LogP contribution in [0.5, 0.6) is 5.75 Å². The number of hydrogen-bond donors (Lipinski definition) is 0. The van der Waals surface area contributed by atoms with Gasteiger partial charge in [-0.2, -0.15) is 8.78 Å². The highest BCUT2D eigenvalue weighted by atomic mass is 79.9. The van der Waals surface area contributed by atoms with E-state index in [1.54, 1.807) is 6.92 Å². The third-order valence-electron chi connectivity index (χ3n) is 2.26. The van der Waals surface area contributed by atoms with Gasteiger partial charge in [0.1, 0.15) is 5.75 Å². The van der Waals surface area contributed by atoms with Crippen LogP contribution in [0.25, 0.3) is 0 Å². The van der Waals surface area contributed by atoms with Crippen LogP contribution in [0.1, 0.15) is 21.5 Å². The third-order valence-corrected chi connectivity index (χ3v) is 2.87. The van der Waals surface area contributed by atoms with Crippen molar-refractivity contribution in [3.63, 3.8) is 0 Å². The summed E-state index contributed by atoms with van der Waals surface area (Å²) in [6, 6.07) is 2.71. The maximum Gasteiger partial charge on any atom is 0.387 e. The molecule has 0 radical (unpaired) electrons. The van der Waals surface area contributed by atoms with E-state index in [9.17, 15) is 13.6 Å². The highest BCUT2D eigenvalue weighted by Gasteiger charge is 2.16. The second-order valence-electron chi connectivity index (χ2n) is 3.26. The Bertz CT molecular complexity index is 421. The largest absolute Gasteiger partial charge is 0.465 e. The lowest BCUT2D eigenvalue weighted by Crippen LogP contribution is -2.08. The molecule has 0 N–H and O–H groups in total. The first-order valence-corrected chi connectivity index (χ1v) is 5.84. The average molecular weight is 309 g/mol. The first-order valence-electron chi connectivity index (χ1n) is 4.72. The van der Waals surface area contributed by atoms with Crippen LogP contribution in [-0.2, 0) is 10.1 Å². The highest BCUT2D eigenvalue weighted by Crippen LogP contribution is 2.25. The minimum atomic E-state index is -2.92. The number of hydrogen-bond acceptors (Lipinski definition) is 3. The Morgan fingerprint density at radius 1 is 1.47 bits per heavy atom. The molecule has 0 unspecified atom stereocenters. The number of alkyl halides is 3. The molecule has 0 saturated heterocycles. The van der Waals surface area contributed by atoms with Gasteiger partial charge in [-0.15, -0.1) is 0 Å². The molecule has 0 aliphatic heterocycles. The molecule has 0 amide bonds. The summed E-state index contributed by atoms with van der Waals surface area (Å²) in [5.74, 6) is -0.634. The molecule has 0 aromatic heterocycles. The second-order valence-corrected chi connectivity index (χ2v) is 3.82. The standard InChI is InChI=1S/C11H11BrF2O3/c1-6-7(5-12)3-8(17-11(13)14)4-9(6)10(15)16-2/h3-4,11H,5H2,1-2H3. The van der Waals surface area contributed by atoms with Crippen LogP contribution in [0.15, 0.2) is 12.1 Å². The monoisotopic (exact) mass is 308 g/mol. The molecular weight excluding hydrogens is 298 g/mol. The van der Waals surface area contributed by atoms with Crippen LogP contribution in [-0.4, -0.2) is 19.7 Å². The minimum Gasteiger partial charge on any atom is -0.465 e. The summed E-state index contributed by atoms with van der Waals surface area (Å²) in [6.07, 6.45) is 0. The van der Waals surface area contributed by atoms with Gasteiger partial charge in [0.2, 0.25) is 0 Å². The third kappa shape index (κ3) is 3.39. The van der Waals surface area contributed by atoms with Gasteiger partial charge in [-0.1, -0.05) is 15.9 Å². The topological polar surface area (TPSA) is 35.5 Å². The zero-order valence-electron chi connectivity index (χ0n) is 9.30. The lowest BCUT2D eigenvalue weighted by molar-refractivity contribution is -0.0499. The minimum absolute atomic E-state index is 0.0551.